The van der Waals surface area contributed by atoms with E-state index < -0.39 is 112 Å². The van der Waals surface area contributed by atoms with Gasteiger partial charge >= 0.3 is 0 Å². The molecule has 0 aliphatic carbocycles. The molecule has 10 N–H and O–H groups in total. The molecule has 0 saturated carbocycles. The molecule has 16 nitrogen and oxygen atoms in total. The molecule has 35 heavy (non-hydrogen) atoms. The lowest BCUT2D eigenvalue weighted by Gasteiger charge is -2.48. The van der Waals surface area contributed by atoms with Crippen LogP contribution in [0.2, 0.25) is 0 Å². The highest BCUT2D eigenvalue weighted by atomic mass is 16.8. The maximum atomic E-state index is 10.7. The molecule has 3 fully saturated rings. The van der Waals surface area contributed by atoms with Crippen LogP contribution in [0.1, 0.15) is 0 Å². The summed E-state index contributed by atoms with van der Waals surface area (Å²) in [5.41, 5.74) is 0. The molecule has 0 amide bonds. The van der Waals surface area contributed by atoms with Gasteiger partial charge in [0.2, 0.25) is 0 Å². The van der Waals surface area contributed by atoms with Crippen molar-refractivity contribution in [3.63, 3.8) is 0 Å². The van der Waals surface area contributed by atoms with Crippen molar-refractivity contribution in [3.05, 3.63) is 0 Å². The van der Waals surface area contributed by atoms with Gasteiger partial charge in [-0.1, -0.05) is 0 Å². The fraction of sp³-hybridized carbons (Fsp3) is 1.00. The third-order valence-electron chi connectivity index (χ3n) is 6.34. The van der Waals surface area contributed by atoms with Crippen LogP contribution >= 0.6 is 0 Å². The van der Waals surface area contributed by atoms with E-state index in [9.17, 15) is 51.1 Å². The molecule has 0 spiro atoms. The van der Waals surface area contributed by atoms with Crippen molar-refractivity contribution in [2.24, 2.45) is 0 Å². The lowest BCUT2D eigenvalue weighted by Crippen LogP contribution is -2.66. The first-order valence-electron chi connectivity index (χ1n) is 11.0. The molecule has 3 aliphatic rings. The number of aliphatic hydroxyl groups is 10. The third kappa shape index (κ3) is 5.78. The van der Waals surface area contributed by atoms with Gasteiger partial charge in [-0.05, 0) is 0 Å². The maximum absolute atomic E-state index is 10.7. The van der Waals surface area contributed by atoms with Crippen LogP contribution in [0.15, 0.2) is 0 Å². The Morgan fingerprint density at radius 1 is 0.514 bits per heavy atom. The highest BCUT2D eigenvalue weighted by Gasteiger charge is 2.53. The Bertz CT molecular complexity index is 650. The monoisotopic (exact) mass is 518 g/mol. The molecule has 16 heteroatoms. The zero-order valence-electron chi connectivity index (χ0n) is 18.7. The molecule has 3 rings (SSSR count). The first kappa shape index (κ1) is 28.9. The van der Waals surface area contributed by atoms with E-state index in [1.807, 2.05) is 0 Å². The predicted molar refractivity (Wildman–Crippen MR) is 106 cm³/mol. The van der Waals surface area contributed by atoms with Crippen LogP contribution in [0.4, 0.5) is 0 Å². The summed E-state index contributed by atoms with van der Waals surface area (Å²) in [5.74, 6) is 0. The number of rotatable bonds is 8. The Morgan fingerprint density at radius 3 is 1.31 bits per heavy atom. The van der Waals surface area contributed by atoms with Gasteiger partial charge in [0, 0.05) is 7.11 Å². The van der Waals surface area contributed by atoms with E-state index in [1.54, 1.807) is 0 Å². The smallest absolute Gasteiger partial charge is 0.187 e. The Labute approximate surface area is 199 Å². The van der Waals surface area contributed by atoms with Gasteiger partial charge in [0.1, 0.15) is 73.2 Å². The second-order valence-corrected chi connectivity index (χ2v) is 8.54. The van der Waals surface area contributed by atoms with E-state index in [2.05, 4.69) is 0 Å². The summed E-state index contributed by atoms with van der Waals surface area (Å²) in [6.07, 6.45) is -23.7. The predicted octanol–water partition coefficient (Wildman–Crippen LogP) is -6.92. The molecule has 15 atom stereocenters. The average Bonchev–Trinajstić information content (AvgIpc) is 2.85. The first-order chi connectivity index (χ1) is 16.6. The van der Waals surface area contributed by atoms with Gasteiger partial charge in [-0.25, -0.2) is 0 Å². The zero-order chi connectivity index (χ0) is 26.0. The molecule has 0 bridgehead atoms. The quantitative estimate of drug-likeness (QED) is 0.143. The Kier molecular flexibility index (Phi) is 10.1. The molecule has 0 aromatic rings. The van der Waals surface area contributed by atoms with Crippen LogP contribution in [0, 0.1) is 0 Å². The second kappa shape index (κ2) is 12.3. The Morgan fingerprint density at radius 2 is 0.886 bits per heavy atom. The van der Waals surface area contributed by atoms with Gasteiger partial charge in [0.25, 0.3) is 0 Å². The standard InChI is InChI=1S/C19H34O16/c1-30-14-5(2-20)32-18(12(27)9(14)24)35-16-7(4-22)33-19(13(28)10(16)25)34-15-6(3-21)31-17(29)11(26)8(15)23/h5-29H,2-4H2,1H3/t5?,6?,7?,8?,9?,10?,11?,12?,13-,14-,15-,16+,17-,18+,19-/m1/s1. The fourth-order valence-electron chi connectivity index (χ4n) is 4.33. The van der Waals surface area contributed by atoms with Crippen molar-refractivity contribution in [2.75, 3.05) is 26.9 Å². The van der Waals surface area contributed by atoms with Crippen molar-refractivity contribution >= 4 is 0 Å². The first-order valence-corrected chi connectivity index (χ1v) is 11.0. The minimum absolute atomic E-state index is 0.605. The largest absolute Gasteiger partial charge is 0.394 e. The van der Waals surface area contributed by atoms with E-state index in [1.165, 1.54) is 7.11 Å². The summed E-state index contributed by atoms with van der Waals surface area (Å²) in [5, 5.41) is 100. The van der Waals surface area contributed by atoms with Crippen molar-refractivity contribution in [3.8, 4) is 0 Å². The highest BCUT2D eigenvalue weighted by molar-refractivity contribution is 4.96. The van der Waals surface area contributed by atoms with Crippen LogP contribution in [0.25, 0.3) is 0 Å². The molecule has 206 valence electrons. The summed E-state index contributed by atoms with van der Waals surface area (Å²) >= 11 is 0. The summed E-state index contributed by atoms with van der Waals surface area (Å²) in [4.78, 5) is 0. The van der Waals surface area contributed by atoms with E-state index in [4.69, 9.17) is 28.4 Å². The summed E-state index contributed by atoms with van der Waals surface area (Å²) in [7, 11) is 1.24. The topological polar surface area (TPSA) is 258 Å². The van der Waals surface area contributed by atoms with Crippen LogP contribution < -0.4 is 0 Å². The second-order valence-electron chi connectivity index (χ2n) is 8.54. The number of methoxy groups -OCH3 is 1. The summed E-state index contributed by atoms with van der Waals surface area (Å²) in [6.45, 7) is -2.15. The molecule has 3 aliphatic heterocycles. The minimum atomic E-state index is -1.88. The van der Waals surface area contributed by atoms with Crippen LogP contribution in [0.5, 0.6) is 0 Å². The van der Waals surface area contributed by atoms with Gasteiger partial charge in [-0.3, -0.25) is 0 Å². The third-order valence-corrected chi connectivity index (χ3v) is 6.34. The number of hydrogen-bond acceptors (Lipinski definition) is 16. The highest BCUT2D eigenvalue weighted by Crippen LogP contribution is 2.32. The van der Waals surface area contributed by atoms with Crippen molar-refractivity contribution in [2.45, 2.75) is 92.1 Å². The van der Waals surface area contributed by atoms with Gasteiger partial charge in [-0.15, -0.1) is 0 Å². The molecule has 0 radical (unpaired) electrons. The van der Waals surface area contributed by atoms with Gasteiger partial charge < -0.3 is 79.5 Å². The maximum Gasteiger partial charge on any atom is 0.187 e. The van der Waals surface area contributed by atoms with Gasteiger partial charge in [0.15, 0.2) is 18.9 Å². The van der Waals surface area contributed by atoms with Crippen molar-refractivity contribution in [1.29, 1.82) is 0 Å². The number of aliphatic hydroxyl groups excluding tert-OH is 10. The summed E-state index contributed by atoms with van der Waals surface area (Å²) in [6, 6.07) is 0. The molecule has 8 unspecified atom stereocenters. The zero-order valence-corrected chi connectivity index (χ0v) is 18.7. The van der Waals surface area contributed by atoms with E-state index in [0.717, 1.165) is 0 Å². The van der Waals surface area contributed by atoms with Crippen LogP contribution in [0.3, 0.4) is 0 Å². The Balaban J connectivity index is 1.72. The number of hydrogen-bond donors (Lipinski definition) is 10. The lowest BCUT2D eigenvalue weighted by atomic mass is 9.96. The van der Waals surface area contributed by atoms with E-state index >= 15 is 0 Å². The van der Waals surface area contributed by atoms with Crippen molar-refractivity contribution < 1.29 is 79.5 Å². The lowest BCUT2D eigenvalue weighted by molar-refractivity contribution is -0.378. The molecule has 0 aromatic carbocycles. The summed E-state index contributed by atoms with van der Waals surface area (Å²) < 4.78 is 31.8. The minimum Gasteiger partial charge on any atom is -0.394 e. The molecule has 0 aromatic heterocycles. The molecular formula is C19H34O16. The average molecular weight is 518 g/mol. The van der Waals surface area contributed by atoms with Gasteiger partial charge in [-0.2, -0.15) is 0 Å². The van der Waals surface area contributed by atoms with Gasteiger partial charge in [0.05, 0.1) is 19.8 Å². The van der Waals surface area contributed by atoms with Crippen LogP contribution in [-0.2, 0) is 28.4 Å². The normalized spacial score (nSPS) is 51.3. The molecular weight excluding hydrogens is 484 g/mol. The molecule has 3 heterocycles. The SMILES string of the molecule is CO[C@@H]1C(CO)O[C@@H](O[C@H]2C(CO)O[C@H](O[C@@H]3C(CO)O[C@@H](O)C(O)C3O)[C@H](O)C2O)C(O)C1O. The number of ether oxygens (including phenoxy) is 6. The fourth-order valence-corrected chi connectivity index (χ4v) is 4.33. The molecule has 3 saturated heterocycles. The van der Waals surface area contributed by atoms with Crippen LogP contribution in [-0.4, -0.2) is 170 Å². The van der Waals surface area contributed by atoms with E-state index in [0.29, 0.717) is 0 Å². The van der Waals surface area contributed by atoms with E-state index in [-0.39, 0.29) is 0 Å². The van der Waals surface area contributed by atoms with Crippen molar-refractivity contribution in [1.82, 2.24) is 0 Å². The Hall–Kier alpha value is -0.640.